The molecule has 0 aromatic heterocycles. The Morgan fingerprint density at radius 2 is 1.33 bits per heavy atom. The molecule has 0 aliphatic rings. The van der Waals surface area contributed by atoms with E-state index in [1.54, 1.807) is 0 Å². The summed E-state index contributed by atoms with van der Waals surface area (Å²) in [6.07, 6.45) is 0. The van der Waals surface area contributed by atoms with Crippen molar-refractivity contribution < 1.29 is 8.62 Å². The van der Waals surface area contributed by atoms with Crippen molar-refractivity contribution in [1.29, 1.82) is 0 Å². The predicted octanol–water partition coefficient (Wildman–Crippen LogP) is 3.85. The van der Waals surface area contributed by atoms with Gasteiger partial charge in [0.2, 0.25) is 0 Å². The number of halogens is 1. The molecule has 0 bridgehead atoms. The molecule has 0 unspecified atom stereocenters. The van der Waals surface area contributed by atoms with Gasteiger partial charge in [0.1, 0.15) is 5.41 Å². The van der Waals surface area contributed by atoms with Crippen molar-refractivity contribution in [2.45, 2.75) is 12.3 Å². The van der Waals surface area contributed by atoms with Crippen molar-refractivity contribution >= 4 is 22.2 Å². The summed E-state index contributed by atoms with van der Waals surface area (Å²) < 4.78 is 4.80. The minimum Gasteiger partial charge on any atom is -0.383 e. The van der Waals surface area contributed by atoms with Crippen LogP contribution in [0.25, 0.3) is 0 Å². The zero-order chi connectivity index (χ0) is 13.0. The third kappa shape index (κ3) is 2.18. The van der Waals surface area contributed by atoms with Crippen LogP contribution in [0.5, 0.6) is 0 Å². The fourth-order valence-electron chi connectivity index (χ4n) is 2.02. The van der Waals surface area contributed by atoms with Crippen LogP contribution in [0, 0.1) is 0 Å². The molecule has 92 valence electrons. The first-order valence-corrected chi connectivity index (χ1v) is 6.28. The summed E-state index contributed by atoms with van der Waals surface area (Å²) in [7, 11) is 0. The van der Waals surface area contributed by atoms with Crippen molar-refractivity contribution in [1.82, 2.24) is 0 Å². The minimum atomic E-state index is -0.813. The number of carbonyl (C=O) groups is 1. The van der Waals surface area contributed by atoms with E-state index in [1.807, 2.05) is 67.6 Å². The van der Waals surface area contributed by atoms with Crippen LogP contribution < -0.4 is 0 Å². The lowest BCUT2D eigenvalue weighted by molar-refractivity contribution is -0.136. The second-order valence-corrected chi connectivity index (χ2v) is 4.55. The largest absolute Gasteiger partial charge is 0.383 e. The van der Waals surface area contributed by atoms with E-state index in [2.05, 4.69) is 16.3 Å². The molecule has 0 aliphatic heterocycles. The van der Waals surface area contributed by atoms with E-state index in [0.717, 1.165) is 11.1 Å². The summed E-state index contributed by atoms with van der Waals surface area (Å²) in [6, 6.07) is 19.2. The van der Waals surface area contributed by atoms with Gasteiger partial charge in [0.05, 0.1) is 0 Å². The molecule has 0 saturated carbocycles. The molecule has 0 radical (unpaired) electrons. The molecule has 18 heavy (non-hydrogen) atoms. The van der Waals surface area contributed by atoms with Crippen molar-refractivity contribution in [3.05, 3.63) is 71.8 Å². The number of benzene rings is 2. The first-order valence-electron chi connectivity index (χ1n) is 5.63. The van der Waals surface area contributed by atoms with Crippen LogP contribution in [0.1, 0.15) is 18.1 Å². The highest BCUT2D eigenvalue weighted by Gasteiger charge is 2.38. The molecule has 2 aromatic carbocycles. The maximum absolute atomic E-state index is 12.2. The zero-order valence-electron chi connectivity index (χ0n) is 9.97. The van der Waals surface area contributed by atoms with E-state index in [4.69, 9.17) is 3.83 Å². The Labute approximate surface area is 115 Å². The highest BCUT2D eigenvalue weighted by Crippen LogP contribution is 2.33. The average Bonchev–Trinajstić information content (AvgIpc) is 2.47. The number of carbonyl (C=O) groups excluding carboxylic acids is 1. The molecule has 2 aromatic rings. The molecule has 2 rings (SSSR count). The average molecular weight is 305 g/mol. The van der Waals surface area contributed by atoms with Gasteiger partial charge >= 0.3 is 5.97 Å². The monoisotopic (exact) mass is 304 g/mol. The summed E-state index contributed by atoms with van der Waals surface area (Å²) in [5.74, 6) is -0.333. The topological polar surface area (TPSA) is 26.3 Å². The van der Waals surface area contributed by atoms with E-state index < -0.39 is 5.41 Å². The Hall–Kier alpha value is -1.61. The van der Waals surface area contributed by atoms with Crippen molar-refractivity contribution in [2.24, 2.45) is 0 Å². The van der Waals surface area contributed by atoms with Crippen LogP contribution in [-0.4, -0.2) is 5.97 Å². The Morgan fingerprint density at radius 1 is 0.944 bits per heavy atom. The second-order valence-electron chi connectivity index (χ2n) is 4.22. The lowest BCUT2D eigenvalue weighted by Crippen LogP contribution is -2.34. The molecule has 0 aliphatic carbocycles. The first kappa shape index (κ1) is 12.8. The number of hydrogen-bond donors (Lipinski definition) is 0. The molecular weight excluding hydrogens is 292 g/mol. The van der Waals surface area contributed by atoms with Crippen LogP contribution in [0.15, 0.2) is 60.7 Å². The lowest BCUT2D eigenvalue weighted by atomic mass is 9.76. The van der Waals surface area contributed by atoms with Gasteiger partial charge in [-0.2, -0.15) is 0 Å². The quantitative estimate of drug-likeness (QED) is 0.861. The van der Waals surface area contributed by atoms with Gasteiger partial charge in [0.15, 0.2) is 16.3 Å². The highest BCUT2D eigenvalue weighted by molar-refractivity contribution is 9.06. The van der Waals surface area contributed by atoms with Crippen molar-refractivity contribution in [3.63, 3.8) is 0 Å². The predicted molar refractivity (Wildman–Crippen MR) is 74.4 cm³/mol. The standard InChI is InChI=1S/C15H13BrO2/c1-15(14(17)18-16,12-8-4-2-5-9-12)13-10-6-3-7-11-13/h2-11H,1H3. The van der Waals surface area contributed by atoms with E-state index in [9.17, 15) is 4.79 Å². The smallest absolute Gasteiger partial charge is 0.332 e. The second kappa shape index (κ2) is 5.36. The maximum atomic E-state index is 12.2. The van der Waals surface area contributed by atoms with Gasteiger partial charge in [0, 0.05) is 0 Å². The van der Waals surface area contributed by atoms with Gasteiger partial charge in [-0.1, -0.05) is 60.7 Å². The fraction of sp³-hybridized carbons (Fsp3) is 0.133. The van der Waals surface area contributed by atoms with E-state index in [-0.39, 0.29) is 5.97 Å². The maximum Gasteiger partial charge on any atom is 0.332 e. The highest BCUT2D eigenvalue weighted by atomic mass is 79.9. The summed E-state index contributed by atoms with van der Waals surface area (Å²) in [4.78, 5) is 12.2. The molecule has 0 spiro atoms. The van der Waals surface area contributed by atoms with Crippen LogP contribution >= 0.6 is 16.3 Å². The summed E-state index contributed by atoms with van der Waals surface area (Å²) in [5, 5.41) is 0. The van der Waals surface area contributed by atoms with Crippen molar-refractivity contribution in [2.75, 3.05) is 0 Å². The van der Waals surface area contributed by atoms with Gasteiger partial charge in [-0.3, -0.25) is 0 Å². The summed E-state index contributed by atoms with van der Waals surface area (Å²) >= 11 is 2.80. The summed E-state index contributed by atoms with van der Waals surface area (Å²) in [5.41, 5.74) is 0.993. The Morgan fingerprint density at radius 3 is 1.67 bits per heavy atom. The van der Waals surface area contributed by atoms with Crippen LogP contribution in [0.4, 0.5) is 0 Å². The molecule has 0 N–H and O–H groups in total. The molecule has 0 fully saturated rings. The van der Waals surface area contributed by atoms with Crippen LogP contribution in [-0.2, 0) is 14.0 Å². The van der Waals surface area contributed by atoms with Crippen molar-refractivity contribution in [3.8, 4) is 0 Å². The van der Waals surface area contributed by atoms with E-state index in [1.165, 1.54) is 0 Å². The normalized spacial score (nSPS) is 11.0. The molecule has 0 atom stereocenters. The molecule has 3 heteroatoms. The van der Waals surface area contributed by atoms with Gasteiger partial charge in [-0.25, -0.2) is 4.79 Å². The van der Waals surface area contributed by atoms with Gasteiger partial charge in [0.25, 0.3) is 0 Å². The fourth-order valence-corrected chi connectivity index (χ4v) is 2.35. The third-order valence-corrected chi connectivity index (χ3v) is 3.47. The zero-order valence-corrected chi connectivity index (χ0v) is 11.6. The number of rotatable bonds is 3. The molecule has 0 saturated heterocycles. The third-order valence-electron chi connectivity index (χ3n) is 3.18. The number of hydrogen-bond acceptors (Lipinski definition) is 2. The molecule has 0 heterocycles. The summed E-state index contributed by atoms with van der Waals surface area (Å²) in [6.45, 7) is 1.86. The minimum absolute atomic E-state index is 0.333. The SMILES string of the molecule is CC(C(=O)OBr)(c1ccccc1)c1ccccc1. The van der Waals surface area contributed by atoms with Gasteiger partial charge in [-0.05, 0) is 18.1 Å². The molecule has 2 nitrogen and oxygen atoms in total. The van der Waals surface area contributed by atoms with Crippen LogP contribution in [0.2, 0.25) is 0 Å². The van der Waals surface area contributed by atoms with Crippen LogP contribution in [0.3, 0.4) is 0 Å². The van der Waals surface area contributed by atoms with E-state index in [0.29, 0.717) is 0 Å². The van der Waals surface area contributed by atoms with Gasteiger partial charge in [-0.15, -0.1) is 0 Å². The Kier molecular flexibility index (Phi) is 3.82. The Bertz CT molecular complexity index is 483. The van der Waals surface area contributed by atoms with E-state index >= 15 is 0 Å². The molecular formula is C15H13BrO2. The lowest BCUT2D eigenvalue weighted by Gasteiger charge is -2.27. The molecule has 0 amide bonds. The Balaban J connectivity index is 2.59. The van der Waals surface area contributed by atoms with Gasteiger partial charge < -0.3 is 3.83 Å². The first-order chi connectivity index (χ1) is 8.69.